The molecule has 0 aliphatic carbocycles. The number of carbonyl (C=O) groups is 1. The van der Waals surface area contributed by atoms with Gasteiger partial charge in [-0.2, -0.15) is 0 Å². The van der Waals surface area contributed by atoms with Crippen LogP contribution >= 0.6 is 11.6 Å². The first kappa shape index (κ1) is 10.3. The van der Waals surface area contributed by atoms with E-state index >= 15 is 0 Å². The highest BCUT2D eigenvalue weighted by Crippen LogP contribution is 2.13. The molecule has 0 atom stereocenters. The topological polar surface area (TPSA) is 65.2 Å². The summed E-state index contributed by atoms with van der Waals surface area (Å²) >= 11 is 7.93. The van der Waals surface area contributed by atoms with Gasteiger partial charge in [0.25, 0.3) is 0 Å². The van der Waals surface area contributed by atoms with Crippen LogP contribution in [0.5, 0.6) is 0 Å². The van der Waals surface area contributed by atoms with Crippen LogP contribution in [-0.4, -0.2) is 34.4 Å². The fourth-order valence-corrected chi connectivity index (χ4v) is 1.40. The summed E-state index contributed by atoms with van der Waals surface area (Å²) in [7, 11) is 1.28. The molecule has 13 heavy (non-hydrogen) atoms. The number of halogens is 1. The third-order valence-corrected chi connectivity index (χ3v) is 2.10. The van der Waals surface area contributed by atoms with Crippen LogP contribution in [0, 0.1) is 0 Å². The molecule has 1 aromatic heterocycles. The Hall–Kier alpha value is -0.758. The summed E-state index contributed by atoms with van der Waals surface area (Å²) in [6, 6.07) is 1.37. The molecule has 0 bridgehead atoms. The van der Waals surface area contributed by atoms with Crippen LogP contribution in [0.3, 0.4) is 0 Å². The first-order valence-electron chi connectivity index (χ1n) is 3.36. The van der Waals surface area contributed by atoms with Crippen molar-refractivity contribution in [1.29, 1.82) is 0 Å². The number of hydrogen-bond acceptors (Lipinski definition) is 4. The molecule has 66 valence electrons. The second-order valence-corrected chi connectivity index (χ2v) is 3.22. The Morgan fingerprint density at radius 3 is 2.92 bits per heavy atom. The SMILES string of the molecule is COC(=O)c1cc(Cl)n[c]([Al])c1N. The number of nitrogens with zero attached hydrogens (tertiary/aromatic N) is 1. The van der Waals surface area contributed by atoms with Gasteiger partial charge in [0.15, 0.2) is 0 Å². The van der Waals surface area contributed by atoms with Gasteiger partial charge in [0.2, 0.25) is 16.3 Å². The van der Waals surface area contributed by atoms with Crippen LogP contribution in [0.25, 0.3) is 0 Å². The number of pyridine rings is 1. The number of hydrogen-bond donors (Lipinski definition) is 1. The van der Waals surface area contributed by atoms with Crippen molar-refractivity contribution in [2.24, 2.45) is 0 Å². The Morgan fingerprint density at radius 2 is 2.38 bits per heavy atom. The molecule has 4 nitrogen and oxygen atoms in total. The molecule has 2 radical (unpaired) electrons. The summed E-state index contributed by atoms with van der Waals surface area (Å²) in [6.45, 7) is 0. The van der Waals surface area contributed by atoms with Gasteiger partial charge >= 0.3 is 5.97 Å². The number of aromatic nitrogens is 1. The van der Waals surface area contributed by atoms with Crippen molar-refractivity contribution in [3.05, 3.63) is 16.8 Å². The molecule has 0 aliphatic rings. The normalized spacial score (nSPS) is 9.69. The number of methoxy groups -OCH3 is 1. The monoisotopic (exact) mass is 212 g/mol. The highest BCUT2D eigenvalue weighted by molar-refractivity contribution is 6.37. The molecule has 1 rings (SSSR count). The third-order valence-electron chi connectivity index (χ3n) is 1.46. The van der Waals surface area contributed by atoms with Crippen LogP contribution < -0.4 is 10.3 Å². The molecule has 1 aromatic rings. The average molecular weight is 213 g/mol. The number of nitrogen functional groups attached to an aromatic ring is 1. The molecule has 0 aromatic carbocycles. The van der Waals surface area contributed by atoms with Crippen molar-refractivity contribution in [2.45, 2.75) is 0 Å². The number of nitrogens with two attached hydrogens (primary N) is 1. The van der Waals surface area contributed by atoms with Gasteiger partial charge in [0.05, 0.1) is 12.7 Å². The molecular weight excluding hydrogens is 207 g/mol. The minimum absolute atomic E-state index is 0.208. The van der Waals surface area contributed by atoms with Crippen LogP contribution in [-0.2, 0) is 4.74 Å². The van der Waals surface area contributed by atoms with Crippen LogP contribution in [0.4, 0.5) is 5.69 Å². The zero-order chi connectivity index (χ0) is 10.0. The lowest BCUT2D eigenvalue weighted by atomic mass is 10.2. The van der Waals surface area contributed by atoms with E-state index in [-0.39, 0.29) is 16.4 Å². The van der Waals surface area contributed by atoms with E-state index in [2.05, 4.69) is 26.0 Å². The van der Waals surface area contributed by atoms with Crippen molar-refractivity contribution in [3.8, 4) is 0 Å². The summed E-state index contributed by atoms with van der Waals surface area (Å²) in [4.78, 5) is 15.0. The Bertz CT molecular complexity index is 357. The number of esters is 1. The highest BCUT2D eigenvalue weighted by Gasteiger charge is 2.12. The van der Waals surface area contributed by atoms with E-state index in [0.29, 0.717) is 4.56 Å². The zero-order valence-corrected chi connectivity index (χ0v) is 8.78. The Morgan fingerprint density at radius 1 is 1.77 bits per heavy atom. The summed E-state index contributed by atoms with van der Waals surface area (Å²) in [5.41, 5.74) is 6.08. The molecule has 0 spiro atoms. The zero-order valence-electron chi connectivity index (χ0n) is 6.87. The first-order chi connectivity index (χ1) is 6.06. The van der Waals surface area contributed by atoms with E-state index in [0.717, 1.165) is 0 Å². The first-order valence-corrected chi connectivity index (χ1v) is 4.31. The number of ether oxygens (including phenoxy) is 1. The van der Waals surface area contributed by atoms with Crippen molar-refractivity contribution < 1.29 is 9.53 Å². The molecule has 0 aliphatic heterocycles. The number of carbonyl (C=O) groups excluding carboxylic acids is 1. The molecule has 1 heterocycles. The third kappa shape index (κ3) is 2.13. The summed E-state index contributed by atoms with van der Waals surface area (Å²) < 4.78 is 4.95. The predicted octanol–water partition coefficient (Wildman–Crippen LogP) is -0.102. The van der Waals surface area contributed by atoms with E-state index in [1.54, 1.807) is 0 Å². The van der Waals surface area contributed by atoms with Crippen LogP contribution in [0.15, 0.2) is 6.07 Å². The summed E-state index contributed by atoms with van der Waals surface area (Å²) in [5.74, 6) is -0.523. The average Bonchev–Trinajstić information content (AvgIpc) is 2.10. The quantitative estimate of drug-likeness (QED) is 0.401. The van der Waals surface area contributed by atoms with Crippen molar-refractivity contribution in [2.75, 3.05) is 12.8 Å². The lowest BCUT2D eigenvalue weighted by Crippen LogP contribution is -2.19. The van der Waals surface area contributed by atoms with Gasteiger partial charge in [0.1, 0.15) is 5.15 Å². The minimum atomic E-state index is -0.523. The molecule has 0 saturated heterocycles. The second-order valence-electron chi connectivity index (χ2n) is 2.28. The van der Waals surface area contributed by atoms with Crippen molar-refractivity contribution in [3.63, 3.8) is 0 Å². The predicted molar refractivity (Wildman–Crippen MR) is 50.4 cm³/mol. The van der Waals surface area contributed by atoms with Crippen LogP contribution in [0.1, 0.15) is 10.4 Å². The Kier molecular flexibility index (Phi) is 3.15. The van der Waals surface area contributed by atoms with Crippen LogP contribution in [0.2, 0.25) is 5.15 Å². The fourth-order valence-electron chi connectivity index (χ4n) is 0.821. The largest absolute Gasteiger partial charge is 0.465 e. The van der Waals surface area contributed by atoms with Gasteiger partial charge in [-0.15, -0.1) is 0 Å². The standard InChI is InChI=1S/C7H6ClN2O2.Al/c1-12-7(11)4-2-6(8)10-3-5(4)9;/h2H,9H2,1H3;. The van der Waals surface area contributed by atoms with Gasteiger partial charge < -0.3 is 10.5 Å². The van der Waals surface area contributed by atoms with Gasteiger partial charge in [0, 0.05) is 5.69 Å². The molecule has 0 amide bonds. The molecule has 2 N–H and O–H groups in total. The summed E-state index contributed by atoms with van der Waals surface area (Å²) in [6.07, 6.45) is 0. The number of anilines is 1. The molecule has 0 fully saturated rings. The van der Waals surface area contributed by atoms with Crippen molar-refractivity contribution >= 4 is 44.1 Å². The molecule has 0 saturated carbocycles. The lowest BCUT2D eigenvalue weighted by molar-refractivity contribution is 0.0602. The van der Waals surface area contributed by atoms with E-state index in [9.17, 15) is 4.79 Å². The minimum Gasteiger partial charge on any atom is -0.465 e. The van der Waals surface area contributed by atoms with Gasteiger partial charge in [-0.05, 0) is 10.6 Å². The van der Waals surface area contributed by atoms with Gasteiger partial charge in [-0.25, -0.2) is 4.79 Å². The molecule has 6 heteroatoms. The van der Waals surface area contributed by atoms with E-state index < -0.39 is 5.97 Å². The smallest absolute Gasteiger partial charge is 0.340 e. The van der Waals surface area contributed by atoms with Gasteiger partial charge in [-0.1, -0.05) is 11.6 Å². The molecular formula is C7H6AlClN2O2. The van der Waals surface area contributed by atoms with E-state index in [1.165, 1.54) is 13.2 Å². The Labute approximate surface area is 88.5 Å². The van der Waals surface area contributed by atoms with Crippen molar-refractivity contribution in [1.82, 2.24) is 4.98 Å². The lowest BCUT2D eigenvalue weighted by Gasteiger charge is -2.06. The Balaban J connectivity index is 3.28. The second kappa shape index (κ2) is 3.97. The fraction of sp³-hybridized carbons (Fsp3) is 0.143. The number of rotatable bonds is 1. The van der Waals surface area contributed by atoms with Gasteiger partial charge in [-0.3, -0.25) is 4.98 Å². The maximum absolute atomic E-state index is 11.1. The highest BCUT2D eigenvalue weighted by atomic mass is 35.5. The van der Waals surface area contributed by atoms with E-state index in [4.69, 9.17) is 17.3 Å². The maximum Gasteiger partial charge on any atom is 0.340 e. The summed E-state index contributed by atoms with van der Waals surface area (Å²) in [5, 5.41) is 0.208. The van der Waals surface area contributed by atoms with E-state index in [1.807, 2.05) is 0 Å². The molecule has 0 unspecified atom stereocenters. The maximum atomic E-state index is 11.1.